The van der Waals surface area contributed by atoms with Gasteiger partial charge in [-0.2, -0.15) is 0 Å². The molecule has 0 atom stereocenters. The number of thioether (sulfide) groups is 1. The topological polar surface area (TPSA) is 74.6 Å². The van der Waals surface area contributed by atoms with Crippen molar-refractivity contribution in [3.05, 3.63) is 0 Å². The van der Waals surface area contributed by atoms with Crippen LogP contribution in [0, 0.1) is 0 Å². The van der Waals surface area contributed by atoms with Crippen LogP contribution in [-0.2, 0) is 4.57 Å². The van der Waals surface area contributed by atoms with E-state index in [1.54, 1.807) is 0 Å². The molecule has 0 aromatic rings. The largest absolute Gasteiger partial charge is 0.402 e. The number of carbonyl (C=O) groups is 1. The van der Waals surface area contributed by atoms with Crippen molar-refractivity contribution in [2.75, 3.05) is 5.75 Å². The second-order valence-corrected chi connectivity index (χ2v) is 6.97. The summed E-state index contributed by atoms with van der Waals surface area (Å²) in [5.74, 6) is -0.290. The van der Waals surface area contributed by atoms with Crippen LogP contribution in [0.2, 0.25) is 0 Å². The quantitative estimate of drug-likeness (QED) is 0.597. The first-order valence-electron chi connectivity index (χ1n) is 2.42. The summed E-state index contributed by atoms with van der Waals surface area (Å²) in [5, 5.41) is 0. The molecule has 0 aromatic carbocycles. The molecule has 0 bridgehead atoms. The molecule has 0 saturated carbocycles. The Bertz CT molecular complexity index is 220. The summed E-state index contributed by atoms with van der Waals surface area (Å²) in [5.41, 5.74) is 0. The Labute approximate surface area is 87.7 Å². The van der Waals surface area contributed by atoms with E-state index in [9.17, 15) is 9.36 Å². The Hall–Kier alpha value is 1.04. The lowest BCUT2D eigenvalue weighted by molar-refractivity contribution is 0.266. The number of hydrogen-bond acceptors (Lipinski definition) is 3. The molecule has 0 spiro atoms. The monoisotopic (exact) mass is 272 g/mol. The summed E-state index contributed by atoms with van der Waals surface area (Å²) in [6.07, 6.45) is 0. The lowest BCUT2D eigenvalue weighted by Crippen LogP contribution is -2.07. The highest BCUT2D eigenvalue weighted by Crippen LogP contribution is 2.44. The summed E-state index contributed by atoms with van der Waals surface area (Å²) < 4.78 is 8.56. The third-order valence-corrected chi connectivity index (χ3v) is 3.87. The molecule has 0 rings (SSSR count). The molecule has 0 aliphatic carbocycles. The van der Waals surface area contributed by atoms with Crippen molar-refractivity contribution < 1.29 is 19.1 Å². The van der Waals surface area contributed by atoms with Crippen molar-refractivity contribution in [2.24, 2.45) is 0 Å². The highest BCUT2D eigenvalue weighted by molar-refractivity contribution is 8.25. The molecule has 0 aliphatic rings. The van der Waals surface area contributed by atoms with Crippen LogP contribution in [0.1, 0.15) is 0 Å². The van der Waals surface area contributed by atoms with Crippen LogP contribution in [-0.4, -0.2) is 24.2 Å². The molecular formula is C3H4Cl3O4PS. The molecule has 9 heteroatoms. The van der Waals surface area contributed by atoms with Gasteiger partial charge in [0, 0.05) is 5.75 Å². The molecule has 0 aromatic heterocycles. The van der Waals surface area contributed by atoms with Crippen LogP contribution >= 0.6 is 54.2 Å². The minimum absolute atomic E-state index is 0.290. The van der Waals surface area contributed by atoms with Crippen LogP contribution in [0.15, 0.2) is 0 Å². The summed E-state index contributed by atoms with van der Waals surface area (Å²) in [6, 6.07) is 0. The number of alkyl halides is 3. The van der Waals surface area contributed by atoms with Crippen molar-refractivity contribution in [1.29, 1.82) is 0 Å². The van der Waals surface area contributed by atoms with Crippen LogP contribution in [0.5, 0.6) is 0 Å². The number of rotatable bonds is 2. The summed E-state index contributed by atoms with van der Waals surface area (Å²) in [6.45, 7) is 0. The lowest BCUT2D eigenvalue weighted by Gasteiger charge is -2.08. The molecule has 2 N–H and O–H groups in total. The molecule has 0 fully saturated rings. The Kier molecular flexibility index (Phi) is 4.90. The molecule has 0 saturated heterocycles. The van der Waals surface area contributed by atoms with Gasteiger partial charge in [0.25, 0.3) is 4.86 Å². The predicted molar refractivity (Wildman–Crippen MR) is 50.2 cm³/mol. The first-order chi connectivity index (χ1) is 5.13. The maximum absolute atomic E-state index is 10.5. The van der Waals surface area contributed by atoms with Gasteiger partial charge in [0.05, 0.1) is 0 Å². The second kappa shape index (κ2) is 4.51. The Morgan fingerprint density at radius 3 is 2.08 bits per heavy atom. The van der Waals surface area contributed by atoms with Gasteiger partial charge in [-0.3, -0.25) is 9.36 Å². The highest BCUT2D eigenvalue weighted by atomic mass is 35.6. The fourth-order valence-electron chi connectivity index (χ4n) is 0.228. The maximum atomic E-state index is 10.5. The SMILES string of the molecule is O=C(SCC(Cl)(Cl)Cl)P(=O)(O)O. The predicted octanol–water partition coefficient (Wildman–Crippen LogP) is 2.39. The molecule has 72 valence electrons. The van der Waals surface area contributed by atoms with Crippen LogP contribution in [0.3, 0.4) is 0 Å². The van der Waals surface area contributed by atoms with E-state index < -0.39 is 16.2 Å². The molecule has 0 heterocycles. The van der Waals surface area contributed by atoms with Crippen LogP contribution in [0.4, 0.5) is 4.79 Å². The van der Waals surface area contributed by atoms with Gasteiger partial charge in [-0.25, -0.2) is 0 Å². The Morgan fingerprint density at radius 2 is 1.83 bits per heavy atom. The zero-order valence-electron chi connectivity index (χ0n) is 5.41. The van der Waals surface area contributed by atoms with E-state index in [-0.39, 0.29) is 5.75 Å². The normalized spacial score (nSPS) is 13.1. The van der Waals surface area contributed by atoms with E-state index in [1.165, 1.54) is 0 Å². The smallest absolute Gasteiger partial charge is 0.318 e. The maximum Gasteiger partial charge on any atom is 0.402 e. The molecule has 0 aliphatic heterocycles. The first kappa shape index (κ1) is 13.0. The van der Waals surface area contributed by atoms with Gasteiger partial charge in [0.2, 0.25) is 0 Å². The highest BCUT2D eigenvalue weighted by Gasteiger charge is 2.30. The first-order valence-corrected chi connectivity index (χ1v) is 6.16. The minimum atomic E-state index is -4.69. The van der Waals surface area contributed by atoms with Gasteiger partial charge in [0.1, 0.15) is 0 Å². The fourth-order valence-corrected chi connectivity index (χ4v) is 1.87. The zero-order chi connectivity index (χ0) is 9.99. The summed E-state index contributed by atoms with van der Waals surface area (Å²) >= 11 is 16.0. The van der Waals surface area contributed by atoms with Gasteiger partial charge >= 0.3 is 7.60 Å². The lowest BCUT2D eigenvalue weighted by atomic mass is 10.9. The Morgan fingerprint density at radius 1 is 1.42 bits per heavy atom. The van der Waals surface area contributed by atoms with Gasteiger partial charge in [-0.1, -0.05) is 46.6 Å². The van der Waals surface area contributed by atoms with E-state index in [0.29, 0.717) is 11.8 Å². The van der Waals surface area contributed by atoms with Gasteiger partial charge in [-0.15, -0.1) is 0 Å². The molecular weight excluding hydrogens is 269 g/mol. The fraction of sp³-hybridized carbons (Fsp3) is 0.667. The third-order valence-electron chi connectivity index (χ3n) is 0.597. The summed E-state index contributed by atoms with van der Waals surface area (Å²) in [7, 11) is -4.69. The van der Waals surface area contributed by atoms with Crippen LogP contribution < -0.4 is 0 Å². The molecule has 0 radical (unpaired) electrons. The molecule has 0 unspecified atom stereocenters. The van der Waals surface area contributed by atoms with Gasteiger partial charge in [0.15, 0.2) is 3.79 Å². The van der Waals surface area contributed by atoms with E-state index in [1.807, 2.05) is 0 Å². The average Bonchev–Trinajstić information content (AvgIpc) is 1.78. The number of halogens is 3. The van der Waals surface area contributed by atoms with Crippen molar-refractivity contribution in [1.82, 2.24) is 0 Å². The van der Waals surface area contributed by atoms with Crippen molar-refractivity contribution in [3.8, 4) is 0 Å². The van der Waals surface area contributed by atoms with Crippen molar-refractivity contribution in [2.45, 2.75) is 3.79 Å². The van der Waals surface area contributed by atoms with E-state index in [4.69, 9.17) is 44.6 Å². The Balaban J connectivity index is 3.98. The van der Waals surface area contributed by atoms with Crippen molar-refractivity contribution >= 4 is 59.0 Å². The number of hydrogen-bond donors (Lipinski definition) is 2. The second-order valence-electron chi connectivity index (χ2n) is 1.71. The molecule has 4 nitrogen and oxygen atoms in total. The van der Waals surface area contributed by atoms with Crippen LogP contribution in [0.25, 0.3) is 0 Å². The number of carbonyl (C=O) groups excluding carboxylic acids is 1. The van der Waals surface area contributed by atoms with Gasteiger partial charge in [-0.05, 0) is 0 Å². The summed E-state index contributed by atoms with van der Waals surface area (Å²) in [4.78, 5) is 25.8. The van der Waals surface area contributed by atoms with Gasteiger partial charge < -0.3 is 9.79 Å². The minimum Gasteiger partial charge on any atom is -0.318 e. The third kappa shape index (κ3) is 6.54. The zero-order valence-corrected chi connectivity index (χ0v) is 9.39. The van der Waals surface area contributed by atoms with E-state index in [2.05, 4.69) is 0 Å². The molecule has 12 heavy (non-hydrogen) atoms. The standard InChI is InChI=1S/C3H4Cl3O4PS/c4-3(5,6)1-12-2(7)11(8,9)10/h1H2,(H2,8,9,10). The molecule has 0 amide bonds. The van der Waals surface area contributed by atoms with E-state index in [0.717, 1.165) is 0 Å². The average molecular weight is 273 g/mol. The van der Waals surface area contributed by atoms with Crippen molar-refractivity contribution in [3.63, 3.8) is 0 Å². The van der Waals surface area contributed by atoms with E-state index >= 15 is 0 Å².